The van der Waals surface area contributed by atoms with E-state index in [-0.39, 0.29) is 35.4 Å². The van der Waals surface area contributed by atoms with Gasteiger partial charge in [0.15, 0.2) is 9.84 Å². The zero-order chi connectivity index (χ0) is 22.1. The molecule has 2 atom stereocenters. The number of carbonyl (C=O) groups excluding carboxylic acids is 1. The van der Waals surface area contributed by atoms with Crippen LogP contribution >= 0.6 is 0 Å². The number of aryl methyl sites for hydroxylation is 1. The van der Waals surface area contributed by atoms with Gasteiger partial charge in [0.2, 0.25) is 10.0 Å². The smallest absolute Gasteiger partial charge is 0.253 e. The summed E-state index contributed by atoms with van der Waals surface area (Å²) in [6, 6.07) is 4.81. The molecular weight excluding hydrogens is 424 g/mol. The van der Waals surface area contributed by atoms with Crippen LogP contribution in [0.2, 0.25) is 0 Å². The topological polar surface area (TPSA) is 91.8 Å². The van der Waals surface area contributed by atoms with E-state index in [0.717, 1.165) is 19.3 Å². The highest BCUT2D eigenvalue weighted by atomic mass is 32.2. The Bertz CT molecular complexity index is 990. The third-order valence-electron chi connectivity index (χ3n) is 6.58. The number of likely N-dealkylation sites (tertiary alicyclic amines) is 1. The number of amides is 1. The van der Waals surface area contributed by atoms with Crippen molar-refractivity contribution in [3.63, 3.8) is 0 Å². The van der Waals surface area contributed by atoms with Crippen LogP contribution in [0.1, 0.15) is 49.0 Å². The van der Waals surface area contributed by atoms with Crippen LogP contribution in [-0.4, -0.2) is 69.6 Å². The van der Waals surface area contributed by atoms with Crippen LogP contribution in [0.25, 0.3) is 0 Å². The molecule has 0 aromatic heterocycles. The van der Waals surface area contributed by atoms with E-state index in [1.165, 1.54) is 10.4 Å². The lowest BCUT2D eigenvalue weighted by molar-refractivity contribution is 0.0583. The molecule has 2 aliphatic heterocycles. The molecule has 2 fully saturated rings. The molecule has 2 unspecified atom stereocenters. The molecule has 1 aromatic rings. The van der Waals surface area contributed by atoms with Gasteiger partial charge < -0.3 is 4.90 Å². The molecule has 0 bridgehead atoms. The van der Waals surface area contributed by atoms with Crippen molar-refractivity contribution in [2.45, 2.75) is 44.9 Å². The van der Waals surface area contributed by atoms with Gasteiger partial charge in [-0.15, -0.1) is 0 Å². The van der Waals surface area contributed by atoms with Crippen molar-refractivity contribution in [2.24, 2.45) is 11.8 Å². The van der Waals surface area contributed by atoms with Crippen LogP contribution in [0.5, 0.6) is 0 Å². The molecule has 1 aromatic carbocycles. The molecule has 9 heteroatoms. The second-order valence-corrected chi connectivity index (χ2v) is 12.6. The number of hydrogen-bond donors (Lipinski definition) is 0. The average molecular weight is 457 g/mol. The van der Waals surface area contributed by atoms with E-state index < -0.39 is 19.9 Å². The second-order valence-electron chi connectivity index (χ2n) is 8.41. The highest BCUT2D eigenvalue weighted by molar-refractivity contribution is 7.92. The fourth-order valence-electron chi connectivity index (χ4n) is 4.53. The van der Waals surface area contributed by atoms with Gasteiger partial charge >= 0.3 is 0 Å². The summed E-state index contributed by atoms with van der Waals surface area (Å²) in [4.78, 5) is 15.1. The number of nitrogens with zero attached hydrogens (tertiary/aromatic N) is 2. The fourth-order valence-corrected chi connectivity index (χ4v) is 7.66. The predicted molar refractivity (Wildman–Crippen MR) is 117 cm³/mol. The summed E-state index contributed by atoms with van der Waals surface area (Å²) in [6.45, 7) is 7.32. The van der Waals surface area contributed by atoms with E-state index >= 15 is 0 Å². The predicted octanol–water partition coefficient (Wildman–Crippen LogP) is 2.31. The van der Waals surface area contributed by atoms with Crippen molar-refractivity contribution in [1.82, 2.24) is 9.21 Å². The second kappa shape index (κ2) is 8.96. The van der Waals surface area contributed by atoms with Crippen molar-refractivity contribution in [3.05, 3.63) is 29.3 Å². The molecule has 2 aliphatic rings. The lowest BCUT2D eigenvalue weighted by Gasteiger charge is -2.38. The third kappa shape index (κ3) is 4.73. The van der Waals surface area contributed by atoms with E-state index in [1.54, 1.807) is 19.1 Å². The maximum absolute atomic E-state index is 13.2. The van der Waals surface area contributed by atoms with E-state index in [4.69, 9.17) is 0 Å². The summed E-state index contributed by atoms with van der Waals surface area (Å²) in [5.41, 5.74) is 0.921. The highest BCUT2D eigenvalue weighted by Crippen LogP contribution is 2.30. The van der Waals surface area contributed by atoms with Crippen LogP contribution in [0.4, 0.5) is 0 Å². The summed E-state index contributed by atoms with van der Waals surface area (Å²) >= 11 is 0. The van der Waals surface area contributed by atoms with Gasteiger partial charge in [-0.2, -0.15) is 4.31 Å². The van der Waals surface area contributed by atoms with Gasteiger partial charge in [-0.1, -0.05) is 32.8 Å². The van der Waals surface area contributed by atoms with Crippen LogP contribution < -0.4 is 0 Å². The first-order valence-corrected chi connectivity index (χ1v) is 14.0. The van der Waals surface area contributed by atoms with E-state index in [1.807, 2.05) is 4.90 Å². The molecule has 7 nitrogen and oxygen atoms in total. The number of sulfone groups is 1. The van der Waals surface area contributed by atoms with Gasteiger partial charge in [-0.05, 0) is 42.9 Å². The zero-order valence-electron chi connectivity index (χ0n) is 18.0. The van der Waals surface area contributed by atoms with Crippen LogP contribution in [0.15, 0.2) is 23.1 Å². The molecule has 0 N–H and O–H groups in total. The lowest BCUT2D eigenvalue weighted by Crippen LogP contribution is -2.44. The molecule has 0 spiro atoms. The van der Waals surface area contributed by atoms with Gasteiger partial charge in [0.25, 0.3) is 5.91 Å². The molecule has 2 heterocycles. The number of benzene rings is 1. The Morgan fingerprint density at radius 3 is 2.30 bits per heavy atom. The van der Waals surface area contributed by atoms with E-state index in [9.17, 15) is 21.6 Å². The third-order valence-corrected chi connectivity index (χ3v) is 10.2. The molecule has 0 radical (unpaired) electrons. The van der Waals surface area contributed by atoms with Crippen LogP contribution in [0.3, 0.4) is 0 Å². The number of carbonyl (C=O) groups is 1. The average Bonchev–Trinajstić information content (AvgIpc) is 2.72. The SMILES string of the molecule is CCC1CCN(C(=O)c2ccc(C)c(S(=O)(=O)N3CCS(=O)(=O)CC3)c2)CC1CC. The number of hydrogen-bond acceptors (Lipinski definition) is 5. The largest absolute Gasteiger partial charge is 0.338 e. The Hall–Kier alpha value is -1.45. The summed E-state index contributed by atoms with van der Waals surface area (Å²) in [5, 5.41) is 0. The maximum atomic E-state index is 13.2. The van der Waals surface area contributed by atoms with Crippen molar-refractivity contribution in [3.8, 4) is 0 Å². The minimum atomic E-state index is -3.86. The molecule has 168 valence electrons. The standard InChI is InChI=1S/C21H32N2O5S2/c1-4-17-8-9-22(15-18(17)5-2)21(24)19-7-6-16(3)20(14-19)30(27,28)23-10-12-29(25,26)13-11-23/h6-7,14,17-18H,4-5,8-13,15H2,1-3H3. The summed E-state index contributed by atoms with van der Waals surface area (Å²) < 4.78 is 50.9. The first-order valence-electron chi connectivity index (χ1n) is 10.7. The Balaban J connectivity index is 1.84. The molecule has 2 saturated heterocycles. The Morgan fingerprint density at radius 1 is 1.07 bits per heavy atom. The summed E-state index contributed by atoms with van der Waals surface area (Å²) in [7, 11) is -7.05. The maximum Gasteiger partial charge on any atom is 0.253 e. The normalized spacial score (nSPS) is 25.2. The Morgan fingerprint density at radius 2 is 1.70 bits per heavy atom. The van der Waals surface area contributed by atoms with Gasteiger partial charge in [0, 0.05) is 31.7 Å². The van der Waals surface area contributed by atoms with Crippen molar-refractivity contribution < 1.29 is 21.6 Å². The fraction of sp³-hybridized carbons (Fsp3) is 0.667. The molecule has 1 amide bonds. The molecule has 0 aliphatic carbocycles. The van der Waals surface area contributed by atoms with Gasteiger partial charge in [-0.3, -0.25) is 4.79 Å². The van der Waals surface area contributed by atoms with E-state index in [2.05, 4.69) is 13.8 Å². The minimum absolute atomic E-state index is 0.0506. The van der Waals surface area contributed by atoms with Gasteiger partial charge in [0.1, 0.15) is 0 Å². The number of rotatable bonds is 5. The van der Waals surface area contributed by atoms with Gasteiger partial charge in [-0.25, -0.2) is 16.8 Å². The van der Waals surface area contributed by atoms with Crippen molar-refractivity contribution >= 4 is 25.8 Å². The molecular formula is C21H32N2O5S2. The quantitative estimate of drug-likeness (QED) is 0.678. The highest BCUT2D eigenvalue weighted by Gasteiger charge is 2.34. The monoisotopic (exact) mass is 456 g/mol. The molecule has 0 saturated carbocycles. The Kier molecular flexibility index (Phi) is 6.94. The van der Waals surface area contributed by atoms with Crippen molar-refractivity contribution in [1.29, 1.82) is 0 Å². The Labute approximate surface area is 180 Å². The molecule has 3 rings (SSSR count). The first kappa shape index (κ1) is 23.2. The molecule has 30 heavy (non-hydrogen) atoms. The summed E-state index contributed by atoms with van der Waals surface area (Å²) in [5.74, 6) is 0.615. The van der Waals surface area contributed by atoms with Crippen molar-refractivity contribution in [2.75, 3.05) is 37.7 Å². The van der Waals surface area contributed by atoms with E-state index in [0.29, 0.717) is 36.1 Å². The van der Waals surface area contributed by atoms with Crippen LogP contribution in [-0.2, 0) is 19.9 Å². The van der Waals surface area contributed by atoms with Gasteiger partial charge in [0.05, 0.1) is 16.4 Å². The zero-order valence-corrected chi connectivity index (χ0v) is 19.6. The lowest BCUT2D eigenvalue weighted by atomic mass is 9.82. The van der Waals surface area contributed by atoms with Crippen LogP contribution in [0, 0.1) is 18.8 Å². The first-order chi connectivity index (χ1) is 14.1. The minimum Gasteiger partial charge on any atom is -0.338 e. The summed E-state index contributed by atoms with van der Waals surface area (Å²) in [6.07, 6.45) is 3.10. The number of sulfonamides is 1. The number of piperidine rings is 1.